The summed E-state index contributed by atoms with van der Waals surface area (Å²) in [5, 5.41) is 5.82. The van der Waals surface area contributed by atoms with Gasteiger partial charge in [-0.2, -0.15) is 0 Å². The van der Waals surface area contributed by atoms with Gasteiger partial charge in [0.1, 0.15) is 6.33 Å². The fraction of sp³-hybridized carbons (Fsp3) is 0.500. The zero-order chi connectivity index (χ0) is 10.5. The topological polar surface area (TPSA) is 66.9 Å². The van der Waals surface area contributed by atoms with Crippen LogP contribution in [-0.2, 0) is 4.79 Å². The molecule has 1 aromatic heterocycles. The number of amides is 1. The molecular formula is C10H14N4O. The molecule has 1 aliphatic rings. The van der Waals surface area contributed by atoms with Crippen molar-refractivity contribution in [3.8, 4) is 0 Å². The van der Waals surface area contributed by atoms with Gasteiger partial charge < -0.3 is 10.6 Å². The largest absolute Gasteiger partial charge is 0.322 e. The summed E-state index contributed by atoms with van der Waals surface area (Å²) in [4.78, 5) is 19.0. The summed E-state index contributed by atoms with van der Waals surface area (Å²) < 4.78 is 0. The highest BCUT2D eigenvalue weighted by molar-refractivity contribution is 5.91. The number of nitrogens with zero attached hydrogens (tertiary/aromatic N) is 2. The van der Waals surface area contributed by atoms with Crippen molar-refractivity contribution < 1.29 is 4.79 Å². The molecule has 80 valence electrons. The van der Waals surface area contributed by atoms with E-state index in [2.05, 4.69) is 20.6 Å². The van der Waals surface area contributed by atoms with E-state index < -0.39 is 0 Å². The Balaban J connectivity index is 1.67. The molecule has 0 spiro atoms. The van der Waals surface area contributed by atoms with Gasteiger partial charge in [0.2, 0.25) is 5.91 Å². The predicted octanol–water partition coefficient (Wildman–Crippen LogP) is 0.415. The fourth-order valence-electron chi connectivity index (χ4n) is 1.28. The van der Waals surface area contributed by atoms with E-state index in [9.17, 15) is 4.79 Å². The lowest BCUT2D eigenvalue weighted by Crippen LogP contribution is -2.29. The van der Waals surface area contributed by atoms with Crippen LogP contribution in [-0.4, -0.2) is 29.0 Å². The second kappa shape index (κ2) is 4.84. The quantitative estimate of drug-likeness (QED) is 0.732. The molecule has 5 nitrogen and oxygen atoms in total. The summed E-state index contributed by atoms with van der Waals surface area (Å²) in [5.41, 5.74) is 0.635. The van der Waals surface area contributed by atoms with Crippen molar-refractivity contribution in [1.82, 2.24) is 15.3 Å². The van der Waals surface area contributed by atoms with Crippen molar-refractivity contribution in [2.75, 3.05) is 18.4 Å². The molecule has 2 N–H and O–H groups in total. The van der Waals surface area contributed by atoms with Gasteiger partial charge in [0.05, 0.1) is 24.6 Å². The summed E-state index contributed by atoms with van der Waals surface area (Å²) in [6, 6.07) is 0. The lowest BCUT2D eigenvalue weighted by atomic mass is 10.4. The highest BCUT2D eigenvalue weighted by Crippen LogP contribution is 2.27. The number of nitrogens with one attached hydrogen (secondary N) is 2. The van der Waals surface area contributed by atoms with Crippen molar-refractivity contribution in [3.05, 3.63) is 18.7 Å². The first kappa shape index (κ1) is 10.0. The first-order chi connectivity index (χ1) is 7.34. The van der Waals surface area contributed by atoms with Gasteiger partial charge in [-0.25, -0.2) is 9.97 Å². The summed E-state index contributed by atoms with van der Waals surface area (Å²) in [6.45, 7) is 1.30. The van der Waals surface area contributed by atoms with E-state index in [4.69, 9.17) is 0 Å². The normalized spacial score (nSPS) is 14.9. The minimum Gasteiger partial charge on any atom is -0.322 e. The van der Waals surface area contributed by atoms with Gasteiger partial charge >= 0.3 is 0 Å². The van der Waals surface area contributed by atoms with Crippen LogP contribution in [0.1, 0.15) is 12.8 Å². The van der Waals surface area contributed by atoms with E-state index in [0.717, 1.165) is 12.5 Å². The van der Waals surface area contributed by atoms with Crippen LogP contribution in [0.5, 0.6) is 0 Å². The Kier molecular flexibility index (Phi) is 3.24. The summed E-state index contributed by atoms with van der Waals surface area (Å²) in [5.74, 6) is 0.739. The number of hydrogen-bond donors (Lipinski definition) is 2. The van der Waals surface area contributed by atoms with Gasteiger partial charge in [-0.15, -0.1) is 0 Å². The van der Waals surface area contributed by atoms with E-state index in [0.29, 0.717) is 12.2 Å². The van der Waals surface area contributed by atoms with E-state index in [1.54, 1.807) is 12.4 Å². The lowest BCUT2D eigenvalue weighted by Gasteiger charge is -2.04. The molecule has 0 bridgehead atoms. The molecule has 1 aromatic rings. The third kappa shape index (κ3) is 3.63. The third-order valence-corrected chi connectivity index (χ3v) is 2.26. The van der Waals surface area contributed by atoms with Crippen molar-refractivity contribution >= 4 is 11.6 Å². The van der Waals surface area contributed by atoms with E-state index >= 15 is 0 Å². The maximum absolute atomic E-state index is 11.4. The van der Waals surface area contributed by atoms with Crippen LogP contribution in [0.2, 0.25) is 0 Å². The van der Waals surface area contributed by atoms with Crippen LogP contribution in [0, 0.1) is 5.92 Å². The molecule has 1 heterocycles. The molecule has 0 atom stereocenters. The smallest absolute Gasteiger partial charge is 0.238 e. The average molecular weight is 206 g/mol. The Bertz CT molecular complexity index is 323. The fourth-order valence-corrected chi connectivity index (χ4v) is 1.28. The van der Waals surface area contributed by atoms with Gasteiger partial charge in [0.15, 0.2) is 0 Å². The molecule has 0 aromatic carbocycles. The number of aromatic nitrogens is 2. The Morgan fingerprint density at radius 1 is 1.40 bits per heavy atom. The van der Waals surface area contributed by atoms with E-state index in [1.165, 1.54) is 19.2 Å². The third-order valence-electron chi connectivity index (χ3n) is 2.26. The molecule has 1 amide bonds. The van der Waals surface area contributed by atoms with Crippen LogP contribution in [0.4, 0.5) is 5.69 Å². The Morgan fingerprint density at radius 2 is 2.13 bits per heavy atom. The van der Waals surface area contributed by atoms with Gasteiger partial charge in [-0.3, -0.25) is 4.79 Å². The number of rotatable bonds is 5. The zero-order valence-electron chi connectivity index (χ0n) is 8.44. The first-order valence-corrected chi connectivity index (χ1v) is 5.10. The first-order valence-electron chi connectivity index (χ1n) is 5.10. The summed E-state index contributed by atoms with van der Waals surface area (Å²) in [6.07, 6.45) is 7.17. The molecule has 1 saturated carbocycles. The standard InChI is InChI=1S/C10H14N4O/c15-10(6-11-3-8-1-2-8)14-9-4-12-7-13-5-9/h4-5,7-8,11H,1-3,6H2,(H,14,15). The SMILES string of the molecule is O=C(CNCC1CC1)Nc1cncnc1. The maximum Gasteiger partial charge on any atom is 0.238 e. The highest BCUT2D eigenvalue weighted by atomic mass is 16.1. The number of carbonyl (C=O) groups is 1. The van der Waals surface area contributed by atoms with Crippen LogP contribution in [0.25, 0.3) is 0 Å². The Morgan fingerprint density at radius 3 is 2.80 bits per heavy atom. The molecule has 15 heavy (non-hydrogen) atoms. The maximum atomic E-state index is 11.4. The van der Waals surface area contributed by atoms with Crippen molar-refractivity contribution in [3.63, 3.8) is 0 Å². The summed E-state index contributed by atoms with van der Waals surface area (Å²) in [7, 11) is 0. The van der Waals surface area contributed by atoms with Crippen molar-refractivity contribution in [1.29, 1.82) is 0 Å². The molecule has 0 saturated heterocycles. The zero-order valence-corrected chi connectivity index (χ0v) is 8.44. The number of hydrogen-bond acceptors (Lipinski definition) is 4. The van der Waals surface area contributed by atoms with Gasteiger partial charge in [0.25, 0.3) is 0 Å². The minimum atomic E-state index is -0.0505. The molecule has 0 aliphatic heterocycles. The van der Waals surface area contributed by atoms with Gasteiger partial charge in [0, 0.05) is 0 Å². The van der Waals surface area contributed by atoms with Crippen LogP contribution < -0.4 is 10.6 Å². The van der Waals surface area contributed by atoms with E-state index in [-0.39, 0.29) is 5.91 Å². The molecule has 1 fully saturated rings. The van der Waals surface area contributed by atoms with Crippen molar-refractivity contribution in [2.24, 2.45) is 5.92 Å². The lowest BCUT2D eigenvalue weighted by molar-refractivity contribution is -0.115. The molecule has 2 rings (SSSR count). The predicted molar refractivity (Wildman–Crippen MR) is 56.3 cm³/mol. The average Bonchev–Trinajstić information content (AvgIpc) is 3.03. The molecule has 1 aliphatic carbocycles. The molecule has 5 heteroatoms. The molecule has 0 radical (unpaired) electrons. The second-order valence-corrected chi connectivity index (χ2v) is 3.75. The molecule has 0 unspecified atom stereocenters. The number of carbonyl (C=O) groups excluding carboxylic acids is 1. The summed E-state index contributed by atoms with van der Waals surface area (Å²) >= 11 is 0. The Labute approximate surface area is 88.3 Å². The highest BCUT2D eigenvalue weighted by Gasteiger charge is 2.20. The van der Waals surface area contributed by atoms with Crippen LogP contribution in [0.3, 0.4) is 0 Å². The van der Waals surface area contributed by atoms with Gasteiger partial charge in [-0.05, 0) is 25.3 Å². The minimum absolute atomic E-state index is 0.0505. The van der Waals surface area contributed by atoms with Crippen LogP contribution in [0.15, 0.2) is 18.7 Å². The van der Waals surface area contributed by atoms with Crippen LogP contribution >= 0.6 is 0 Å². The second-order valence-electron chi connectivity index (χ2n) is 3.75. The van der Waals surface area contributed by atoms with E-state index in [1.807, 2.05) is 0 Å². The van der Waals surface area contributed by atoms with Crippen molar-refractivity contribution in [2.45, 2.75) is 12.8 Å². The Hall–Kier alpha value is -1.49. The monoisotopic (exact) mass is 206 g/mol. The number of anilines is 1. The molecular weight excluding hydrogens is 192 g/mol. The van der Waals surface area contributed by atoms with Gasteiger partial charge in [-0.1, -0.05) is 0 Å².